The number of nitrogens with zero attached hydrogens (tertiary/aromatic N) is 4. The van der Waals surface area contributed by atoms with Gasteiger partial charge in [0.25, 0.3) is 0 Å². The zero-order chi connectivity index (χ0) is 26.7. The summed E-state index contributed by atoms with van der Waals surface area (Å²) < 4.78 is 15.6. The fourth-order valence-corrected chi connectivity index (χ4v) is 7.85. The summed E-state index contributed by atoms with van der Waals surface area (Å²) in [6.07, 6.45) is 0.424. The topological polar surface area (TPSA) is 125 Å². The van der Waals surface area contributed by atoms with Gasteiger partial charge in [0.1, 0.15) is 22.2 Å². The van der Waals surface area contributed by atoms with Gasteiger partial charge in [-0.15, -0.1) is 11.8 Å². The van der Waals surface area contributed by atoms with Gasteiger partial charge in [-0.05, 0) is 47.9 Å². The molecule has 13 heteroatoms. The average molecular weight is 560 g/mol. The van der Waals surface area contributed by atoms with Crippen molar-refractivity contribution in [3.8, 4) is 0 Å². The number of carboxylic acids is 1. The van der Waals surface area contributed by atoms with E-state index >= 15 is 0 Å². The maximum absolute atomic E-state index is 12.5. The standard InChI is InChI=1S/C22H38ClN5O4SSi2/c1-21(2,3)34(7,8)31-13-14(32-35(9,10)22(4,5)6)18(33-15(13)19(29)30)28-11-25-12-16(24)26-20(23)27-17(12)28/h11,13-15,18H,1-10H3,(H,29,30)(H2,24,26,27)/t13-,14+,15-,18+/m0/s1. The lowest BCUT2D eigenvalue weighted by Gasteiger charge is -2.44. The number of hydrogen-bond donors (Lipinski definition) is 2. The van der Waals surface area contributed by atoms with Gasteiger partial charge in [-0.1, -0.05) is 41.5 Å². The number of nitrogen functional groups attached to an aromatic ring is 1. The van der Waals surface area contributed by atoms with Crippen LogP contribution in [0.3, 0.4) is 0 Å². The quantitative estimate of drug-likeness (QED) is 0.346. The first kappa shape index (κ1) is 28.4. The number of hydrogen-bond acceptors (Lipinski definition) is 8. The molecule has 1 saturated heterocycles. The van der Waals surface area contributed by atoms with Crippen LogP contribution in [0.25, 0.3) is 11.2 Å². The number of aromatic nitrogens is 4. The molecule has 0 unspecified atom stereocenters. The third kappa shape index (κ3) is 5.42. The van der Waals surface area contributed by atoms with Crippen molar-refractivity contribution >= 4 is 62.9 Å². The average Bonchev–Trinajstić information content (AvgIpc) is 3.21. The first-order valence-corrected chi connectivity index (χ1v) is 18.8. The maximum Gasteiger partial charge on any atom is 0.319 e. The highest BCUT2D eigenvalue weighted by Gasteiger charge is 2.56. The molecule has 3 N–H and O–H groups in total. The number of thioether (sulfide) groups is 1. The van der Waals surface area contributed by atoms with Gasteiger partial charge in [-0.3, -0.25) is 9.36 Å². The molecule has 0 aromatic carbocycles. The van der Waals surface area contributed by atoms with Crippen LogP contribution in [0.1, 0.15) is 46.9 Å². The van der Waals surface area contributed by atoms with E-state index in [1.807, 2.05) is 4.57 Å². The predicted molar refractivity (Wildman–Crippen MR) is 147 cm³/mol. The molecule has 9 nitrogen and oxygen atoms in total. The number of carbonyl (C=O) groups is 1. The Morgan fingerprint density at radius 1 is 1.06 bits per heavy atom. The second-order valence-electron chi connectivity index (χ2n) is 12.2. The van der Waals surface area contributed by atoms with Gasteiger partial charge < -0.3 is 19.7 Å². The van der Waals surface area contributed by atoms with Gasteiger partial charge in [-0.2, -0.15) is 9.97 Å². The van der Waals surface area contributed by atoms with Gasteiger partial charge in [0.15, 0.2) is 28.1 Å². The summed E-state index contributed by atoms with van der Waals surface area (Å²) in [5.74, 6) is -0.755. The largest absolute Gasteiger partial charge is 0.480 e. The van der Waals surface area contributed by atoms with E-state index in [1.54, 1.807) is 6.33 Å². The molecule has 0 aliphatic carbocycles. The molecule has 2 aromatic rings. The van der Waals surface area contributed by atoms with E-state index < -0.39 is 45.4 Å². The van der Waals surface area contributed by atoms with E-state index in [1.165, 1.54) is 11.8 Å². The fraction of sp³-hybridized carbons (Fsp3) is 0.727. The summed E-state index contributed by atoms with van der Waals surface area (Å²) in [5, 5.41) is 8.80. The highest BCUT2D eigenvalue weighted by Crippen LogP contribution is 2.51. The van der Waals surface area contributed by atoms with Crippen molar-refractivity contribution in [1.82, 2.24) is 19.5 Å². The molecule has 3 rings (SSSR count). The molecule has 4 atom stereocenters. The number of halogens is 1. The van der Waals surface area contributed by atoms with Crippen LogP contribution in [0.4, 0.5) is 5.82 Å². The minimum atomic E-state index is -2.34. The molecular formula is C22H38ClN5O4SSi2. The van der Waals surface area contributed by atoms with Crippen LogP contribution >= 0.6 is 23.4 Å². The summed E-state index contributed by atoms with van der Waals surface area (Å²) in [7, 11) is -4.67. The van der Waals surface area contributed by atoms with Crippen molar-refractivity contribution in [2.24, 2.45) is 0 Å². The van der Waals surface area contributed by atoms with Crippen LogP contribution in [0.2, 0.25) is 41.5 Å². The number of carboxylic acid groups (broad SMARTS) is 1. The van der Waals surface area contributed by atoms with Crippen molar-refractivity contribution in [1.29, 1.82) is 0 Å². The van der Waals surface area contributed by atoms with Crippen molar-refractivity contribution in [3.05, 3.63) is 11.6 Å². The SMILES string of the molecule is CC(C)(C)[Si](C)(C)O[C@@H]1[C@H](O[Si](C)(C)C(C)(C)C)[C@@H](C(=O)O)S[C@H]1n1cnc2c(N)nc(Cl)nc21. The minimum Gasteiger partial charge on any atom is -0.480 e. The van der Waals surface area contributed by atoms with E-state index in [-0.39, 0.29) is 21.2 Å². The number of rotatable bonds is 6. The molecule has 0 amide bonds. The summed E-state index contributed by atoms with van der Waals surface area (Å²) in [5.41, 5.74) is 6.90. The summed E-state index contributed by atoms with van der Waals surface area (Å²) >= 11 is 7.41. The zero-order valence-corrected chi connectivity index (χ0v) is 25.8. The Kier molecular flexibility index (Phi) is 7.53. The van der Waals surface area contributed by atoms with E-state index in [2.05, 4.69) is 82.7 Å². The van der Waals surface area contributed by atoms with Crippen LogP contribution < -0.4 is 5.73 Å². The van der Waals surface area contributed by atoms with Gasteiger partial charge in [-0.25, -0.2) is 4.98 Å². The summed E-state index contributed by atoms with van der Waals surface area (Å²) in [4.78, 5) is 25.3. The first-order chi connectivity index (χ1) is 15.8. The van der Waals surface area contributed by atoms with Crippen molar-refractivity contribution < 1.29 is 18.8 Å². The number of aliphatic carboxylic acids is 1. The lowest BCUT2D eigenvalue weighted by atomic mass is 10.1. The Hall–Kier alpha value is -1.19. The Morgan fingerprint density at radius 2 is 1.57 bits per heavy atom. The smallest absolute Gasteiger partial charge is 0.319 e. The summed E-state index contributed by atoms with van der Waals surface area (Å²) in [6, 6.07) is 0. The molecule has 2 aromatic heterocycles. The number of nitrogens with two attached hydrogens (primary N) is 1. The Morgan fingerprint density at radius 3 is 2.06 bits per heavy atom. The zero-order valence-electron chi connectivity index (χ0n) is 22.2. The van der Waals surface area contributed by atoms with Crippen LogP contribution in [0.5, 0.6) is 0 Å². The molecule has 0 saturated carbocycles. The molecule has 35 heavy (non-hydrogen) atoms. The van der Waals surface area contributed by atoms with Gasteiger partial charge in [0.05, 0.1) is 12.4 Å². The maximum atomic E-state index is 12.5. The first-order valence-electron chi connectivity index (χ1n) is 11.7. The Balaban J connectivity index is 2.18. The molecule has 196 valence electrons. The minimum absolute atomic E-state index is 0.00506. The highest BCUT2D eigenvalue weighted by atomic mass is 35.5. The van der Waals surface area contributed by atoms with Gasteiger partial charge in [0, 0.05) is 0 Å². The molecule has 1 aliphatic rings. The molecule has 0 spiro atoms. The van der Waals surface area contributed by atoms with Crippen molar-refractivity contribution in [3.63, 3.8) is 0 Å². The van der Waals surface area contributed by atoms with E-state index in [9.17, 15) is 9.90 Å². The molecule has 0 bridgehead atoms. The Labute approximate surface area is 218 Å². The molecule has 3 heterocycles. The molecule has 0 radical (unpaired) electrons. The Bertz CT molecular complexity index is 1120. The predicted octanol–water partition coefficient (Wildman–Crippen LogP) is 5.54. The monoisotopic (exact) mass is 559 g/mol. The highest BCUT2D eigenvalue weighted by molar-refractivity contribution is 8.01. The fourth-order valence-electron chi connectivity index (χ4n) is 3.45. The number of anilines is 1. The molecule has 1 fully saturated rings. The van der Waals surface area contributed by atoms with Crippen molar-refractivity contribution in [2.75, 3.05) is 5.73 Å². The second-order valence-corrected chi connectivity index (χ2v) is 23.3. The van der Waals surface area contributed by atoms with Gasteiger partial charge >= 0.3 is 5.97 Å². The van der Waals surface area contributed by atoms with E-state index in [0.717, 1.165) is 0 Å². The van der Waals surface area contributed by atoms with E-state index in [0.29, 0.717) is 11.2 Å². The van der Waals surface area contributed by atoms with Crippen LogP contribution in [-0.2, 0) is 13.6 Å². The molecular weight excluding hydrogens is 522 g/mol. The van der Waals surface area contributed by atoms with Crippen LogP contribution in [0, 0.1) is 0 Å². The van der Waals surface area contributed by atoms with E-state index in [4.69, 9.17) is 26.2 Å². The third-order valence-corrected chi connectivity index (χ3v) is 18.3. The molecule has 1 aliphatic heterocycles. The second kappa shape index (κ2) is 9.28. The van der Waals surface area contributed by atoms with Gasteiger partial charge in [0.2, 0.25) is 5.28 Å². The van der Waals surface area contributed by atoms with Crippen LogP contribution in [0.15, 0.2) is 6.33 Å². The number of fused-ring (bicyclic) bond motifs is 1. The van der Waals surface area contributed by atoms with Crippen molar-refractivity contribution in [2.45, 2.75) is 101 Å². The summed E-state index contributed by atoms with van der Waals surface area (Å²) in [6.45, 7) is 21.5. The normalized spacial score (nSPS) is 24.3. The van der Waals surface area contributed by atoms with Crippen LogP contribution in [-0.4, -0.2) is 64.7 Å². The lowest BCUT2D eigenvalue weighted by molar-refractivity contribution is -0.139. The lowest BCUT2D eigenvalue weighted by Crippen LogP contribution is -2.54. The third-order valence-electron chi connectivity index (χ3n) is 7.60. The number of imidazole rings is 1.